The van der Waals surface area contributed by atoms with Crippen molar-refractivity contribution in [2.75, 3.05) is 12.4 Å². The van der Waals surface area contributed by atoms with Crippen molar-refractivity contribution in [2.45, 2.75) is 6.42 Å². The number of carbonyl (C=O) groups excluding carboxylic acids is 1. The van der Waals surface area contributed by atoms with E-state index in [0.717, 1.165) is 6.42 Å². The lowest BCUT2D eigenvalue weighted by molar-refractivity contribution is -0.118. The van der Waals surface area contributed by atoms with Crippen LogP contribution in [-0.2, 0) is 11.2 Å². The Kier molecular flexibility index (Phi) is 4.04. The summed E-state index contributed by atoms with van der Waals surface area (Å²) in [5.41, 5.74) is 0. The smallest absolute Gasteiger partial charge is 0.234 e. The van der Waals surface area contributed by atoms with Crippen LogP contribution in [0.15, 0.2) is 12.3 Å². The van der Waals surface area contributed by atoms with Gasteiger partial charge in [-0.25, -0.2) is 4.37 Å². The monoisotopic (exact) mass is 204 g/mol. The molecule has 1 aromatic heterocycles. The molecule has 3 nitrogen and oxygen atoms in total. The molecule has 1 heterocycles. The van der Waals surface area contributed by atoms with Crippen LogP contribution in [0.1, 0.15) is 4.88 Å². The van der Waals surface area contributed by atoms with Gasteiger partial charge in [0.1, 0.15) is 5.88 Å². The van der Waals surface area contributed by atoms with E-state index in [1.165, 1.54) is 16.4 Å². The van der Waals surface area contributed by atoms with Crippen molar-refractivity contribution >= 4 is 29.0 Å². The van der Waals surface area contributed by atoms with Gasteiger partial charge in [0.25, 0.3) is 0 Å². The standard InChI is InChI=1S/C7H9ClN2OS/c8-5-7(11)9-3-1-6-2-4-10-12-6/h2,4H,1,3,5H2,(H,9,11). The summed E-state index contributed by atoms with van der Waals surface area (Å²) >= 11 is 6.74. The van der Waals surface area contributed by atoms with Crippen molar-refractivity contribution in [3.05, 3.63) is 17.1 Å². The summed E-state index contributed by atoms with van der Waals surface area (Å²) in [4.78, 5) is 11.9. The second-order valence-electron chi connectivity index (χ2n) is 2.21. The van der Waals surface area contributed by atoms with E-state index < -0.39 is 0 Å². The van der Waals surface area contributed by atoms with Gasteiger partial charge in [-0.05, 0) is 17.6 Å². The lowest BCUT2D eigenvalue weighted by Gasteiger charge is -1.99. The average molecular weight is 205 g/mol. The molecule has 66 valence electrons. The molecular formula is C7H9ClN2OS. The van der Waals surface area contributed by atoms with Gasteiger partial charge in [0.05, 0.1) is 0 Å². The fourth-order valence-corrected chi connectivity index (χ4v) is 1.41. The van der Waals surface area contributed by atoms with E-state index in [2.05, 4.69) is 9.69 Å². The second-order valence-corrected chi connectivity index (χ2v) is 3.40. The van der Waals surface area contributed by atoms with Crippen molar-refractivity contribution in [1.82, 2.24) is 9.69 Å². The first-order valence-corrected chi connectivity index (χ1v) is 4.86. The molecule has 0 atom stereocenters. The molecule has 1 aromatic rings. The normalized spacial score (nSPS) is 9.75. The quantitative estimate of drug-likeness (QED) is 0.745. The largest absolute Gasteiger partial charge is 0.355 e. The molecule has 0 spiro atoms. The van der Waals surface area contributed by atoms with E-state index in [4.69, 9.17) is 11.6 Å². The van der Waals surface area contributed by atoms with Crippen LogP contribution in [0.5, 0.6) is 0 Å². The van der Waals surface area contributed by atoms with Crippen LogP contribution in [-0.4, -0.2) is 22.7 Å². The summed E-state index contributed by atoms with van der Waals surface area (Å²) < 4.78 is 3.94. The molecule has 0 unspecified atom stereocenters. The van der Waals surface area contributed by atoms with E-state index in [1.807, 2.05) is 6.07 Å². The molecule has 12 heavy (non-hydrogen) atoms. The number of carbonyl (C=O) groups is 1. The SMILES string of the molecule is O=C(CCl)NCCc1ccns1. The zero-order chi connectivity index (χ0) is 8.81. The zero-order valence-corrected chi connectivity index (χ0v) is 7.99. The third-order valence-electron chi connectivity index (χ3n) is 1.31. The van der Waals surface area contributed by atoms with Crippen LogP contribution >= 0.6 is 23.1 Å². The topological polar surface area (TPSA) is 42.0 Å². The van der Waals surface area contributed by atoms with Gasteiger partial charge in [0.2, 0.25) is 5.91 Å². The van der Waals surface area contributed by atoms with Gasteiger partial charge < -0.3 is 5.32 Å². The molecule has 0 aliphatic carbocycles. The van der Waals surface area contributed by atoms with Crippen LogP contribution in [0.3, 0.4) is 0 Å². The van der Waals surface area contributed by atoms with Crippen LogP contribution in [0.2, 0.25) is 0 Å². The molecule has 0 radical (unpaired) electrons. The Bertz CT molecular complexity index is 238. The number of hydrogen-bond donors (Lipinski definition) is 1. The fraction of sp³-hybridized carbons (Fsp3) is 0.429. The predicted molar refractivity (Wildman–Crippen MR) is 49.5 cm³/mol. The molecule has 0 bridgehead atoms. The van der Waals surface area contributed by atoms with E-state index in [0.29, 0.717) is 6.54 Å². The number of nitrogens with zero attached hydrogens (tertiary/aromatic N) is 1. The highest BCUT2D eigenvalue weighted by molar-refractivity contribution is 7.05. The van der Waals surface area contributed by atoms with Gasteiger partial charge in [0.15, 0.2) is 0 Å². The Balaban J connectivity index is 2.15. The summed E-state index contributed by atoms with van der Waals surface area (Å²) in [6.45, 7) is 0.633. The Labute approximate surface area is 79.9 Å². The maximum absolute atomic E-state index is 10.7. The minimum absolute atomic E-state index is 0.0304. The van der Waals surface area contributed by atoms with Crippen molar-refractivity contribution in [3.63, 3.8) is 0 Å². The molecule has 0 saturated heterocycles. The third-order valence-corrected chi connectivity index (χ3v) is 2.35. The summed E-state index contributed by atoms with van der Waals surface area (Å²) in [6, 6.07) is 1.94. The Hall–Kier alpha value is -0.610. The predicted octanol–water partition coefficient (Wildman–Crippen LogP) is 1.04. The Morgan fingerprint density at radius 1 is 1.75 bits per heavy atom. The molecule has 1 rings (SSSR count). The highest BCUT2D eigenvalue weighted by Gasteiger charge is 1.98. The van der Waals surface area contributed by atoms with Gasteiger partial charge in [-0.3, -0.25) is 4.79 Å². The molecule has 1 amide bonds. The molecule has 0 aliphatic heterocycles. The van der Waals surface area contributed by atoms with Gasteiger partial charge in [-0.15, -0.1) is 11.6 Å². The van der Waals surface area contributed by atoms with Crippen molar-refractivity contribution in [2.24, 2.45) is 0 Å². The molecule has 5 heteroatoms. The molecule has 0 saturated carbocycles. The Morgan fingerprint density at radius 3 is 3.17 bits per heavy atom. The second kappa shape index (κ2) is 5.11. The van der Waals surface area contributed by atoms with E-state index in [1.54, 1.807) is 6.20 Å². The summed E-state index contributed by atoms with van der Waals surface area (Å²) in [5.74, 6) is -0.0935. The first kappa shape index (κ1) is 9.48. The molecule has 1 N–H and O–H groups in total. The van der Waals surface area contributed by atoms with Gasteiger partial charge in [-0.2, -0.15) is 0 Å². The van der Waals surface area contributed by atoms with Gasteiger partial charge in [-0.1, -0.05) is 0 Å². The van der Waals surface area contributed by atoms with Crippen LogP contribution in [0.4, 0.5) is 0 Å². The number of alkyl halides is 1. The summed E-state index contributed by atoms with van der Waals surface area (Å²) in [7, 11) is 0. The van der Waals surface area contributed by atoms with Crippen LogP contribution in [0, 0.1) is 0 Å². The number of nitrogens with one attached hydrogen (secondary N) is 1. The number of hydrogen-bond acceptors (Lipinski definition) is 3. The zero-order valence-electron chi connectivity index (χ0n) is 6.42. The maximum atomic E-state index is 10.7. The van der Waals surface area contributed by atoms with E-state index in [-0.39, 0.29) is 11.8 Å². The summed E-state index contributed by atoms with van der Waals surface area (Å²) in [5, 5.41) is 2.68. The molecule has 0 aromatic carbocycles. The van der Waals surface area contributed by atoms with E-state index >= 15 is 0 Å². The fourth-order valence-electron chi connectivity index (χ4n) is 0.743. The van der Waals surface area contributed by atoms with Crippen LogP contribution < -0.4 is 5.32 Å². The highest BCUT2D eigenvalue weighted by Crippen LogP contribution is 2.03. The number of aromatic nitrogens is 1. The van der Waals surface area contributed by atoms with E-state index in [9.17, 15) is 4.79 Å². The lowest BCUT2D eigenvalue weighted by Crippen LogP contribution is -2.26. The van der Waals surface area contributed by atoms with Gasteiger partial charge in [0, 0.05) is 24.0 Å². The van der Waals surface area contributed by atoms with Crippen molar-refractivity contribution in [3.8, 4) is 0 Å². The summed E-state index contributed by atoms with van der Waals surface area (Å²) in [6.07, 6.45) is 2.58. The minimum atomic E-state index is -0.124. The first-order valence-electron chi connectivity index (χ1n) is 3.55. The average Bonchev–Trinajstić information content (AvgIpc) is 2.57. The van der Waals surface area contributed by atoms with Crippen LogP contribution in [0.25, 0.3) is 0 Å². The molecule has 0 fully saturated rings. The number of halogens is 1. The molecular weight excluding hydrogens is 196 g/mol. The number of rotatable bonds is 4. The lowest BCUT2D eigenvalue weighted by atomic mass is 10.3. The van der Waals surface area contributed by atoms with Crippen molar-refractivity contribution < 1.29 is 4.79 Å². The van der Waals surface area contributed by atoms with Crippen molar-refractivity contribution in [1.29, 1.82) is 0 Å². The maximum Gasteiger partial charge on any atom is 0.234 e. The third kappa shape index (κ3) is 3.19. The first-order chi connectivity index (χ1) is 5.83. The van der Waals surface area contributed by atoms with Gasteiger partial charge >= 0.3 is 0 Å². The Morgan fingerprint density at radius 2 is 2.58 bits per heavy atom. The minimum Gasteiger partial charge on any atom is -0.355 e. The number of amides is 1. The highest BCUT2D eigenvalue weighted by atomic mass is 35.5. The molecule has 0 aliphatic rings.